The Labute approximate surface area is 156 Å². The first kappa shape index (κ1) is 16.8. The fourth-order valence-corrected chi connectivity index (χ4v) is 3.30. The van der Waals surface area contributed by atoms with Gasteiger partial charge in [-0.05, 0) is 30.7 Å². The number of hydrogen-bond donors (Lipinski definition) is 1. The zero-order chi connectivity index (χ0) is 18.8. The number of carbonyl (C=O) groups excluding carboxylic acids is 1. The standard InChI is InChI=1S/C20H17N5O2/c1-3-11-27-15-7-5-14(6-8-15)16-12-17(26)23-19-18(16)13(2)24-25(19)20-21-9-4-10-22-20/h1,4-10,16H,11-12H2,2H3,(H,23,26)/t16-/m0/s1. The van der Waals surface area contributed by atoms with Crippen LogP contribution in [0.3, 0.4) is 0 Å². The summed E-state index contributed by atoms with van der Waals surface area (Å²) in [5.41, 5.74) is 2.81. The largest absolute Gasteiger partial charge is 0.481 e. The Morgan fingerprint density at radius 2 is 2.04 bits per heavy atom. The fourth-order valence-electron chi connectivity index (χ4n) is 3.30. The van der Waals surface area contributed by atoms with E-state index in [1.54, 1.807) is 23.1 Å². The van der Waals surface area contributed by atoms with Crippen LogP contribution in [0.2, 0.25) is 0 Å². The van der Waals surface area contributed by atoms with E-state index in [9.17, 15) is 4.79 Å². The van der Waals surface area contributed by atoms with E-state index in [0.29, 0.717) is 23.9 Å². The predicted molar refractivity (Wildman–Crippen MR) is 99.8 cm³/mol. The van der Waals surface area contributed by atoms with Crippen molar-refractivity contribution < 1.29 is 9.53 Å². The summed E-state index contributed by atoms with van der Waals surface area (Å²) in [7, 11) is 0. The number of carbonyl (C=O) groups is 1. The van der Waals surface area contributed by atoms with Crippen molar-refractivity contribution in [1.82, 2.24) is 19.7 Å². The minimum absolute atomic E-state index is 0.0720. The van der Waals surface area contributed by atoms with E-state index in [-0.39, 0.29) is 18.4 Å². The normalized spacial score (nSPS) is 15.6. The summed E-state index contributed by atoms with van der Waals surface area (Å²) >= 11 is 0. The number of benzene rings is 1. The third-order valence-corrected chi connectivity index (χ3v) is 4.45. The lowest BCUT2D eigenvalue weighted by atomic mass is 9.86. The van der Waals surface area contributed by atoms with Crippen LogP contribution in [-0.4, -0.2) is 32.3 Å². The molecule has 0 aliphatic carbocycles. The van der Waals surface area contributed by atoms with Crippen LogP contribution in [0, 0.1) is 19.3 Å². The van der Waals surface area contributed by atoms with E-state index in [4.69, 9.17) is 11.2 Å². The van der Waals surface area contributed by atoms with Crippen molar-refractivity contribution in [2.24, 2.45) is 0 Å². The fraction of sp³-hybridized carbons (Fsp3) is 0.200. The van der Waals surface area contributed by atoms with Crippen LogP contribution < -0.4 is 10.1 Å². The van der Waals surface area contributed by atoms with Gasteiger partial charge in [-0.25, -0.2) is 9.97 Å². The minimum atomic E-state index is -0.104. The molecule has 0 saturated heterocycles. The SMILES string of the molecule is C#CCOc1ccc([C@@H]2CC(=O)Nc3c2c(C)nn3-c2ncccn2)cc1. The number of nitrogens with zero attached hydrogens (tertiary/aromatic N) is 4. The number of anilines is 1. The summed E-state index contributed by atoms with van der Waals surface area (Å²) < 4.78 is 7.01. The maximum absolute atomic E-state index is 12.4. The summed E-state index contributed by atoms with van der Waals surface area (Å²) in [6.45, 7) is 2.14. The van der Waals surface area contributed by atoms with Gasteiger partial charge in [-0.15, -0.1) is 6.42 Å². The molecule has 2 aromatic heterocycles. The predicted octanol–water partition coefficient (Wildman–Crippen LogP) is 2.46. The number of hydrogen-bond acceptors (Lipinski definition) is 5. The molecular formula is C20H17N5O2. The third kappa shape index (κ3) is 3.13. The van der Waals surface area contributed by atoms with Crippen LogP contribution in [0.4, 0.5) is 5.82 Å². The number of aromatic nitrogens is 4. The Morgan fingerprint density at radius 3 is 2.74 bits per heavy atom. The number of rotatable bonds is 4. The van der Waals surface area contributed by atoms with Crippen molar-refractivity contribution >= 4 is 11.7 Å². The van der Waals surface area contributed by atoms with Crippen LogP contribution in [0.25, 0.3) is 5.95 Å². The molecule has 0 saturated carbocycles. The molecule has 1 aromatic carbocycles. The van der Waals surface area contributed by atoms with Gasteiger partial charge in [-0.3, -0.25) is 4.79 Å². The average molecular weight is 359 g/mol. The van der Waals surface area contributed by atoms with Crippen LogP contribution in [-0.2, 0) is 4.79 Å². The molecule has 0 unspecified atom stereocenters. The number of ether oxygens (including phenoxy) is 1. The highest BCUT2D eigenvalue weighted by molar-refractivity contribution is 5.95. The average Bonchev–Trinajstić information content (AvgIpc) is 3.03. The molecule has 4 rings (SSSR count). The van der Waals surface area contributed by atoms with Crippen LogP contribution >= 0.6 is 0 Å². The number of amides is 1. The van der Waals surface area contributed by atoms with Crippen LogP contribution in [0.15, 0.2) is 42.7 Å². The van der Waals surface area contributed by atoms with Crippen molar-refractivity contribution in [3.05, 3.63) is 59.5 Å². The Bertz CT molecular complexity index is 1020. The van der Waals surface area contributed by atoms with Crippen molar-refractivity contribution in [3.63, 3.8) is 0 Å². The van der Waals surface area contributed by atoms with Gasteiger partial charge in [-0.1, -0.05) is 18.1 Å². The minimum Gasteiger partial charge on any atom is -0.481 e. The van der Waals surface area contributed by atoms with Gasteiger partial charge in [-0.2, -0.15) is 9.78 Å². The highest BCUT2D eigenvalue weighted by atomic mass is 16.5. The molecule has 1 atom stereocenters. The van der Waals surface area contributed by atoms with Gasteiger partial charge in [0.25, 0.3) is 5.95 Å². The molecule has 1 N–H and O–H groups in total. The highest BCUT2D eigenvalue weighted by Gasteiger charge is 2.33. The van der Waals surface area contributed by atoms with Gasteiger partial charge >= 0.3 is 0 Å². The van der Waals surface area contributed by atoms with Gasteiger partial charge in [0.15, 0.2) is 0 Å². The molecule has 3 heterocycles. The monoisotopic (exact) mass is 359 g/mol. The van der Waals surface area contributed by atoms with Gasteiger partial charge in [0, 0.05) is 30.3 Å². The molecular weight excluding hydrogens is 342 g/mol. The zero-order valence-electron chi connectivity index (χ0n) is 14.7. The van der Waals surface area contributed by atoms with Crippen molar-refractivity contribution in [1.29, 1.82) is 0 Å². The maximum atomic E-state index is 12.4. The first-order valence-electron chi connectivity index (χ1n) is 8.50. The van der Waals surface area contributed by atoms with Gasteiger partial charge < -0.3 is 10.1 Å². The second kappa shape index (κ2) is 6.92. The molecule has 0 bridgehead atoms. The Kier molecular flexibility index (Phi) is 4.30. The number of terminal acetylenes is 1. The van der Waals surface area contributed by atoms with Crippen molar-refractivity contribution in [2.75, 3.05) is 11.9 Å². The second-order valence-corrected chi connectivity index (χ2v) is 6.18. The number of nitrogens with one attached hydrogen (secondary N) is 1. The molecule has 7 nitrogen and oxygen atoms in total. The van der Waals surface area contributed by atoms with Crippen molar-refractivity contribution in [2.45, 2.75) is 19.3 Å². The second-order valence-electron chi connectivity index (χ2n) is 6.18. The molecule has 0 spiro atoms. The quantitative estimate of drug-likeness (QED) is 0.724. The van der Waals surface area contributed by atoms with Gasteiger partial charge in [0.1, 0.15) is 18.2 Å². The smallest absolute Gasteiger partial charge is 0.252 e. The molecule has 1 aliphatic rings. The first-order chi connectivity index (χ1) is 13.2. The Morgan fingerprint density at radius 1 is 1.30 bits per heavy atom. The molecule has 27 heavy (non-hydrogen) atoms. The summed E-state index contributed by atoms with van der Waals surface area (Å²) in [5.74, 6) is 4.00. The molecule has 134 valence electrons. The van der Waals surface area contributed by atoms with Gasteiger partial charge in [0.05, 0.1) is 5.69 Å². The summed E-state index contributed by atoms with van der Waals surface area (Å²) in [6.07, 6.45) is 8.85. The van der Waals surface area contributed by atoms with E-state index >= 15 is 0 Å². The van der Waals surface area contributed by atoms with Crippen LogP contribution in [0.5, 0.6) is 5.75 Å². The molecule has 1 aliphatic heterocycles. The summed E-state index contributed by atoms with van der Waals surface area (Å²) in [4.78, 5) is 20.8. The van der Waals surface area contributed by atoms with E-state index in [0.717, 1.165) is 16.8 Å². The third-order valence-electron chi connectivity index (χ3n) is 4.45. The molecule has 0 fully saturated rings. The van der Waals surface area contributed by atoms with Crippen molar-refractivity contribution in [3.8, 4) is 24.0 Å². The first-order valence-corrected chi connectivity index (χ1v) is 8.50. The molecule has 0 radical (unpaired) electrons. The van der Waals surface area contributed by atoms with E-state index in [1.807, 2.05) is 31.2 Å². The number of fused-ring (bicyclic) bond motifs is 1. The highest BCUT2D eigenvalue weighted by Crippen LogP contribution is 2.40. The lowest BCUT2D eigenvalue weighted by molar-refractivity contribution is -0.116. The lowest BCUT2D eigenvalue weighted by Crippen LogP contribution is -2.25. The van der Waals surface area contributed by atoms with Crippen LogP contribution in [0.1, 0.15) is 29.2 Å². The van der Waals surface area contributed by atoms with E-state index in [2.05, 4.69) is 26.3 Å². The molecule has 1 amide bonds. The molecule has 7 heteroatoms. The Balaban J connectivity index is 1.74. The van der Waals surface area contributed by atoms with E-state index in [1.165, 1.54) is 0 Å². The lowest BCUT2D eigenvalue weighted by Gasteiger charge is -2.24. The summed E-state index contributed by atoms with van der Waals surface area (Å²) in [5, 5.41) is 7.48. The maximum Gasteiger partial charge on any atom is 0.252 e. The van der Waals surface area contributed by atoms with Gasteiger partial charge in [0.2, 0.25) is 5.91 Å². The topological polar surface area (TPSA) is 81.9 Å². The zero-order valence-corrected chi connectivity index (χ0v) is 14.7. The van der Waals surface area contributed by atoms with E-state index < -0.39 is 0 Å². The molecule has 3 aromatic rings. The Hall–Kier alpha value is -3.66. The number of aryl methyl sites for hydroxylation is 1. The summed E-state index contributed by atoms with van der Waals surface area (Å²) in [6, 6.07) is 9.36.